The fourth-order valence-electron chi connectivity index (χ4n) is 2.46. The van der Waals surface area contributed by atoms with E-state index in [9.17, 15) is 4.21 Å². The lowest BCUT2D eigenvalue weighted by Gasteiger charge is -2.29. The van der Waals surface area contributed by atoms with Crippen LogP contribution in [0.3, 0.4) is 0 Å². The van der Waals surface area contributed by atoms with E-state index in [-0.39, 0.29) is 0 Å². The molecule has 0 aromatic carbocycles. The van der Waals surface area contributed by atoms with Crippen molar-refractivity contribution in [1.82, 2.24) is 5.32 Å². The van der Waals surface area contributed by atoms with E-state index in [1.807, 2.05) is 0 Å². The Bertz CT molecular complexity index is 220. The molecular formula is C13H27NOS. The van der Waals surface area contributed by atoms with Crippen LogP contribution in [0.2, 0.25) is 0 Å². The van der Waals surface area contributed by atoms with E-state index >= 15 is 0 Å². The van der Waals surface area contributed by atoms with Gasteiger partial charge in [-0.05, 0) is 37.8 Å². The maximum Gasteiger partial charge on any atom is 0.0329 e. The van der Waals surface area contributed by atoms with Crippen molar-refractivity contribution in [3.05, 3.63) is 0 Å². The van der Waals surface area contributed by atoms with E-state index in [2.05, 4.69) is 19.2 Å². The van der Waals surface area contributed by atoms with Gasteiger partial charge in [-0.3, -0.25) is 4.21 Å². The number of hydrogen-bond donors (Lipinski definition) is 1. The van der Waals surface area contributed by atoms with Crippen LogP contribution < -0.4 is 5.32 Å². The first kappa shape index (κ1) is 14.2. The Morgan fingerprint density at radius 2 is 2.06 bits per heavy atom. The fraction of sp³-hybridized carbons (Fsp3) is 1.00. The zero-order valence-electron chi connectivity index (χ0n) is 11.0. The normalized spacial score (nSPS) is 29.9. The molecule has 0 spiro atoms. The number of nitrogens with one attached hydrogen (secondary N) is 1. The van der Waals surface area contributed by atoms with Gasteiger partial charge < -0.3 is 5.32 Å². The quantitative estimate of drug-likeness (QED) is 0.729. The first-order valence-electron chi connectivity index (χ1n) is 6.64. The molecule has 0 saturated heterocycles. The molecule has 0 unspecified atom stereocenters. The number of hydrogen-bond acceptors (Lipinski definition) is 2. The zero-order chi connectivity index (χ0) is 12.0. The summed E-state index contributed by atoms with van der Waals surface area (Å²) in [5, 5.41) is 3.87. The van der Waals surface area contributed by atoms with Crippen molar-refractivity contribution in [3.8, 4) is 0 Å². The molecule has 0 aromatic rings. The summed E-state index contributed by atoms with van der Waals surface area (Å²) in [5.74, 6) is 1.76. The Balaban J connectivity index is 2.08. The molecular weight excluding hydrogens is 218 g/mol. The molecule has 96 valence electrons. The Kier molecular flexibility index (Phi) is 6.59. The molecule has 1 fully saturated rings. The van der Waals surface area contributed by atoms with Crippen molar-refractivity contribution < 1.29 is 4.21 Å². The van der Waals surface area contributed by atoms with Gasteiger partial charge in [0.1, 0.15) is 0 Å². The lowest BCUT2D eigenvalue weighted by molar-refractivity contribution is 0.248. The van der Waals surface area contributed by atoms with Gasteiger partial charge in [0, 0.05) is 22.3 Å². The Morgan fingerprint density at radius 3 is 2.69 bits per heavy atom. The zero-order valence-corrected chi connectivity index (χ0v) is 11.8. The van der Waals surface area contributed by atoms with Crippen molar-refractivity contribution in [2.24, 2.45) is 11.8 Å². The van der Waals surface area contributed by atoms with Crippen molar-refractivity contribution >= 4 is 10.8 Å². The summed E-state index contributed by atoms with van der Waals surface area (Å²) in [5.41, 5.74) is 0. The van der Waals surface area contributed by atoms with Gasteiger partial charge >= 0.3 is 0 Å². The number of rotatable bonds is 6. The Morgan fingerprint density at radius 1 is 1.38 bits per heavy atom. The van der Waals surface area contributed by atoms with Crippen LogP contribution in [0.25, 0.3) is 0 Å². The van der Waals surface area contributed by atoms with Gasteiger partial charge in [-0.2, -0.15) is 0 Å². The summed E-state index contributed by atoms with van der Waals surface area (Å²) in [7, 11) is -0.665. The minimum atomic E-state index is -0.665. The molecule has 1 aliphatic rings. The topological polar surface area (TPSA) is 29.1 Å². The monoisotopic (exact) mass is 245 g/mol. The molecule has 16 heavy (non-hydrogen) atoms. The second-order valence-corrected chi connectivity index (χ2v) is 7.13. The summed E-state index contributed by atoms with van der Waals surface area (Å²) in [6, 6.07) is 0. The van der Waals surface area contributed by atoms with Crippen molar-refractivity contribution in [2.75, 3.05) is 19.3 Å². The largest absolute Gasteiger partial charge is 0.316 e. The molecule has 0 aromatic heterocycles. The third kappa shape index (κ3) is 4.96. The van der Waals surface area contributed by atoms with E-state index in [1.165, 1.54) is 25.7 Å². The molecule has 2 nitrogen and oxygen atoms in total. The first-order chi connectivity index (χ1) is 7.61. The van der Waals surface area contributed by atoms with Crippen LogP contribution in [0.5, 0.6) is 0 Å². The highest BCUT2D eigenvalue weighted by Crippen LogP contribution is 2.28. The minimum Gasteiger partial charge on any atom is -0.316 e. The second kappa shape index (κ2) is 7.44. The molecule has 0 bridgehead atoms. The van der Waals surface area contributed by atoms with Gasteiger partial charge in [-0.15, -0.1) is 0 Å². The highest BCUT2D eigenvalue weighted by molar-refractivity contribution is 7.84. The van der Waals surface area contributed by atoms with Gasteiger partial charge in [0.25, 0.3) is 0 Å². The van der Waals surface area contributed by atoms with E-state index in [1.54, 1.807) is 6.26 Å². The van der Waals surface area contributed by atoms with Gasteiger partial charge in [0.2, 0.25) is 0 Å². The SMILES string of the molecule is C[C@H](CCNC[C@@H]1CCCC[C@@H]1C)[S@](C)=O. The van der Waals surface area contributed by atoms with E-state index in [0.717, 1.165) is 31.3 Å². The molecule has 0 radical (unpaired) electrons. The van der Waals surface area contributed by atoms with Crippen LogP contribution in [0.1, 0.15) is 46.0 Å². The Labute approximate surface area is 103 Å². The van der Waals surface area contributed by atoms with Gasteiger partial charge in [-0.1, -0.05) is 33.1 Å². The minimum absolute atomic E-state index is 0.330. The van der Waals surface area contributed by atoms with Crippen LogP contribution in [0.4, 0.5) is 0 Å². The van der Waals surface area contributed by atoms with Crippen LogP contribution >= 0.6 is 0 Å². The average Bonchev–Trinajstić information content (AvgIpc) is 2.26. The van der Waals surface area contributed by atoms with E-state index < -0.39 is 10.8 Å². The third-order valence-electron chi connectivity index (χ3n) is 3.99. The highest BCUT2D eigenvalue weighted by atomic mass is 32.2. The summed E-state index contributed by atoms with van der Waals surface area (Å²) >= 11 is 0. The molecule has 0 amide bonds. The van der Waals surface area contributed by atoms with Crippen LogP contribution in [0, 0.1) is 11.8 Å². The van der Waals surface area contributed by atoms with Crippen LogP contribution in [-0.4, -0.2) is 28.8 Å². The summed E-state index contributed by atoms with van der Waals surface area (Å²) < 4.78 is 11.2. The molecule has 3 heteroatoms. The maximum atomic E-state index is 11.2. The summed E-state index contributed by atoms with van der Waals surface area (Å²) in [4.78, 5) is 0. The van der Waals surface area contributed by atoms with Gasteiger partial charge in [0.05, 0.1) is 0 Å². The van der Waals surface area contributed by atoms with Gasteiger partial charge in [0.15, 0.2) is 0 Å². The van der Waals surface area contributed by atoms with Gasteiger partial charge in [-0.25, -0.2) is 0 Å². The standard InChI is InChI=1S/C13H27NOS/c1-11-6-4-5-7-13(11)10-14-9-8-12(2)16(3)15/h11-14H,4-10H2,1-3H3/t11-,12+,13-,16-/m0/s1. The van der Waals surface area contributed by atoms with Crippen LogP contribution in [-0.2, 0) is 10.8 Å². The van der Waals surface area contributed by atoms with E-state index in [4.69, 9.17) is 0 Å². The highest BCUT2D eigenvalue weighted by Gasteiger charge is 2.20. The van der Waals surface area contributed by atoms with Crippen LogP contribution in [0.15, 0.2) is 0 Å². The molecule has 0 heterocycles. The van der Waals surface area contributed by atoms with Crippen molar-refractivity contribution in [2.45, 2.75) is 51.2 Å². The first-order valence-corrected chi connectivity index (χ1v) is 8.26. The maximum absolute atomic E-state index is 11.2. The lowest BCUT2D eigenvalue weighted by Crippen LogP contribution is -2.31. The molecule has 1 saturated carbocycles. The fourth-order valence-corrected chi connectivity index (χ4v) is 2.90. The predicted octanol–water partition coefficient (Wildman–Crippen LogP) is 2.56. The molecule has 1 N–H and O–H groups in total. The Hall–Kier alpha value is 0.110. The predicted molar refractivity (Wildman–Crippen MR) is 72.1 cm³/mol. The lowest BCUT2D eigenvalue weighted by atomic mass is 9.80. The average molecular weight is 245 g/mol. The third-order valence-corrected chi connectivity index (χ3v) is 5.36. The smallest absolute Gasteiger partial charge is 0.0329 e. The summed E-state index contributed by atoms with van der Waals surface area (Å²) in [6.45, 7) is 6.63. The molecule has 1 rings (SSSR count). The second-order valence-electron chi connectivity index (χ2n) is 5.32. The van der Waals surface area contributed by atoms with E-state index in [0.29, 0.717) is 5.25 Å². The molecule has 0 aliphatic heterocycles. The van der Waals surface area contributed by atoms with Crippen molar-refractivity contribution in [3.63, 3.8) is 0 Å². The summed E-state index contributed by atoms with van der Waals surface area (Å²) in [6.07, 6.45) is 8.46. The molecule has 4 atom stereocenters. The van der Waals surface area contributed by atoms with Crippen molar-refractivity contribution in [1.29, 1.82) is 0 Å². The molecule has 1 aliphatic carbocycles.